The van der Waals surface area contributed by atoms with Crippen LogP contribution in [0.15, 0.2) is 22.7 Å². The van der Waals surface area contributed by atoms with E-state index in [9.17, 15) is 4.79 Å². The monoisotopic (exact) mass is 424 g/mol. The summed E-state index contributed by atoms with van der Waals surface area (Å²) in [6.07, 6.45) is 5.09. The normalized spacial score (nSPS) is 32.9. The third kappa shape index (κ3) is 2.73. The maximum atomic E-state index is 13.0. The highest BCUT2D eigenvalue weighted by molar-refractivity contribution is 9.10. The molecule has 0 radical (unpaired) electrons. The van der Waals surface area contributed by atoms with Crippen molar-refractivity contribution in [3.8, 4) is 0 Å². The molecule has 0 aromatic heterocycles. The van der Waals surface area contributed by atoms with E-state index in [1.54, 1.807) is 7.11 Å². The molecule has 2 fully saturated rings. The van der Waals surface area contributed by atoms with Crippen LogP contribution in [-0.4, -0.2) is 24.2 Å². The molecule has 1 aromatic carbocycles. The average molecular weight is 425 g/mol. The highest BCUT2D eigenvalue weighted by atomic mass is 79.9. The van der Waals surface area contributed by atoms with Gasteiger partial charge in [-0.05, 0) is 67.6 Å². The standard InChI is InChI=1S/C17H19BrN2O2S.C2H6/c1-22-12-4-6-16(7-5-12)9-10-2-3-11(18)8-13(10)17(16)14(21)19-15(23)20-17;1-2/h2-3,8,12H,4-7,9H2,1H3,(H2,19,20,21,23);1-2H3. The Morgan fingerprint density at radius 1 is 1.28 bits per heavy atom. The number of benzene rings is 1. The van der Waals surface area contributed by atoms with Gasteiger partial charge in [-0.2, -0.15) is 0 Å². The summed E-state index contributed by atoms with van der Waals surface area (Å²) in [4.78, 5) is 13.0. The lowest BCUT2D eigenvalue weighted by atomic mass is 9.61. The van der Waals surface area contributed by atoms with E-state index in [2.05, 4.69) is 44.8 Å². The number of hydrogen-bond donors (Lipinski definition) is 2. The predicted molar refractivity (Wildman–Crippen MR) is 106 cm³/mol. The molecule has 1 unspecified atom stereocenters. The van der Waals surface area contributed by atoms with Gasteiger partial charge in [0.1, 0.15) is 0 Å². The van der Waals surface area contributed by atoms with Crippen LogP contribution in [0.4, 0.5) is 0 Å². The Morgan fingerprint density at radius 3 is 2.52 bits per heavy atom. The number of halogens is 1. The van der Waals surface area contributed by atoms with Crippen LogP contribution < -0.4 is 10.6 Å². The first-order valence-electron chi connectivity index (χ1n) is 8.96. The van der Waals surface area contributed by atoms with Crippen molar-refractivity contribution in [3.63, 3.8) is 0 Å². The number of thiocarbonyl (C=S) groups is 1. The topological polar surface area (TPSA) is 50.4 Å². The molecule has 136 valence electrons. The smallest absolute Gasteiger partial charge is 0.257 e. The van der Waals surface area contributed by atoms with Gasteiger partial charge in [-0.15, -0.1) is 0 Å². The summed E-state index contributed by atoms with van der Waals surface area (Å²) in [5.41, 5.74) is 1.45. The third-order valence-corrected chi connectivity index (χ3v) is 6.59. The van der Waals surface area contributed by atoms with Gasteiger partial charge >= 0.3 is 0 Å². The summed E-state index contributed by atoms with van der Waals surface area (Å²) in [6.45, 7) is 4.00. The van der Waals surface area contributed by atoms with Crippen LogP contribution >= 0.6 is 28.1 Å². The van der Waals surface area contributed by atoms with Crippen molar-refractivity contribution in [2.75, 3.05) is 7.11 Å². The summed E-state index contributed by atoms with van der Waals surface area (Å²) in [6, 6.07) is 6.26. The molecule has 4 nitrogen and oxygen atoms in total. The average Bonchev–Trinajstić information content (AvgIpc) is 3.06. The summed E-state index contributed by atoms with van der Waals surface area (Å²) in [5, 5.41) is 6.65. The van der Waals surface area contributed by atoms with Gasteiger partial charge in [0.15, 0.2) is 10.7 Å². The van der Waals surface area contributed by atoms with E-state index in [1.165, 1.54) is 5.56 Å². The zero-order chi connectivity index (χ0) is 18.2. The van der Waals surface area contributed by atoms with Crippen LogP contribution in [0.3, 0.4) is 0 Å². The van der Waals surface area contributed by atoms with E-state index in [4.69, 9.17) is 17.0 Å². The van der Waals surface area contributed by atoms with E-state index in [0.29, 0.717) is 11.2 Å². The Balaban J connectivity index is 0.000000880. The van der Waals surface area contributed by atoms with Crippen molar-refractivity contribution in [1.29, 1.82) is 0 Å². The molecule has 1 atom stereocenters. The van der Waals surface area contributed by atoms with Crippen molar-refractivity contribution in [2.45, 2.75) is 57.6 Å². The Hall–Kier alpha value is -0.980. The van der Waals surface area contributed by atoms with Crippen molar-refractivity contribution in [2.24, 2.45) is 5.41 Å². The molecule has 1 aromatic rings. The fraction of sp³-hybridized carbons (Fsp3) is 0.579. The van der Waals surface area contributed by atoms with Crippen molar-refractivity contribution >= 4 is 39.2 Å². The summed E-state index contributed by atoms with van der Waals surface area (Å²) < 4.78 is 6.53. The number of ether oxygens (including phenoxy) is 1. The van der Waals surface area contributed by atoms with E-state index >= 15 is 0 Å². The van der Waals surface area contributed by atoms with Gasteiger partial charge < -0.3 is 15.4 Å². The van der Waals surface area contributed by atoms with E-state index in [0.717, 1.165) is 42.1 Å². The van der Waals surface area contributed by atoms with Gasteiger partial charge in [0.2, 0.25) is 0 Å². The first-order valence-corrected chi connectivity index (χ1v) is 10.2. The summed E-state index contributed by atoms with van der Waals surface area (Å²) in [5.74, 6) is -0.00443. The molecule has 2 aliphatic carbocycles. The molecular formula is C19H25BrN2O2S. The van der Waals surface area contributed by atoms with Crippen LogP contribution in [0.2, 0.25) is 0 Å². The lowest BCUT2D eigenvalue weighted by Gasteiger charge is -2.46. The second kappa shape index (κ2) is 6.97. The highest BCUT2D eigenvalue weighted by Gasteiger charge is 2.65. The third-order valence-electron chi connectivity index (χ3n) is 5.89. The molecule has 25 heavy (non-hydrogen) atoms. The van der Waals surface area contributed by atoms with Crippen LogP contribution in [0.25, 0.3) is 0 Å². The quantitative estimate of drug-likeness (QED) is 0.672. The molecule has 1 amide bonds. The number of nitrogens with one attached hydrogen (secondary N) is 2. The molecule has 1 heterocycles. The SMILES string of the molecule is CC.COC1CCC2(CC1)Cc1ccc(Br)cc1C21NC(=S)NC1=O. The zero-order valence-corrected chi connectivity index (χ0v) is 17.4. The summed E-state index contributed by atoms with van der Waals surface area (Å²) >= 11 is 8.84. The van der Waals surface area contributed by atoms with E-state index in [-0.39, 0.29) is 11.3 Å². The Morgan fingerprint density at radius 2 is 1.96 bits per heavy atom. The van der Waals surface area contributed by atoms with Crippen LogP contribution in [0, 0.1) is 5.41 Å². The predicted octanol–water partition coefficient (Wildman–Crippen LogP) is 3.81. The van der Waals surface area contributed by atoms with Gasteiger partial charge in [-0.3, -0.25) is 4.79 Å². The second-order valence-electron chi connectivity index (χ2n) is 6.85. The molecule has 1 aliphatic heterocycles. The Bertz CT molecular complexity index is 701. The number of carbonyl (C=O) groups excluding carboxylic acids is 1. The van der Waals surface area contributed by atoms with Gasteiger partial charge in [0, 0.05) is 17.0 Å². The molecule has 1 saturated carbocycles. The van der Waals surface area contributed by atoms with Crippen molar-refractivity contribution in [1.82, 2.24) is 10.6 Å². The van der Waals surface area contributed by atoms with Gasteiger partial charge in [0.25, 0.3) is 5.91 Å². The minimum absolute atomic E-state index is 0.00443. The van der Waals surface area contributed by atoms with Crippen LogP contribution in [-0.2, 0) is 21.5 Å². The molecule has 3 aliphatic rings. The Kier molecular flexibility index (Phi) is 5.24. The number of rotatable bonds is 1. The lowest BCUT2D eigenvalue weighted by molar-refractivity contribution is -0.131. The fourth-order valence-electron chi connectivity index (χ4n) is 4.78. The number of hydrogen-bond acceptors (Lipinski definition) is 3. The zero-order valence-electron chi connectivity index (χ0n) is 14.9. The number of methoxy groups -OCH3 is 1. The maximum absolute atomic E-state index is 13.0. The van der Waals surface area contributed by atoms with E-state index < -0.39 is 5.54 Å². The molecule has 0 bridgehead atoms. The van der Waals surface area contributed by atoms with Crippen molar-refractivity contribution in [3.05, 3.63) is 33.8 Å². The minimum Gasteiger partial charge on any atom is -0.381 e. The fourth-order valence-corrected chi connectivity index (χ4v) is 5.39. The van der Waals surface area contributed by atoms with Gasteiger partial charge in [-0.1, -0.05) is 35.8 Å². The number of fused-ring (bicyclic) bond motifs is 3. The largest absolute Gasteiger partial charge is 0.381 e. The molecule has 4 rings (SSSR count). The first-order chi connectivity index (χ1) is 12.0. The minimum atomic E-state index is -0.734. The highest BCUT2D eigenvalue weighted by Crippen LogP contribution is 2.59. The second-order valence-corrected chi connectivity index (χ2v) is 8.18. The maximum Gasteiger partial charge on any atom is 0.257 e. The van der Waals surface area contributed by atoms with Crippen LogP contribution in [0.1, 0.15) is 50.7 Å². The first kappa shape index (κ1) is 18.8. The van der Waals surface area contributed by atoms with Gasteiger partial charge in [0.05, 0.1) is 6.10 Å². The number of amides is 1. The Labute approximate surface area is 163 Å². The van der Waals surface area contributed by atoms with Crippen molar-refractivity contribution < 1.29 is 9.53 Å². The number of carbonyl (C=O) groups is 1. The molecule has 2 spiro atoms. The molecular weight excluding hydrogens is 400 g/mol. The molecule has 6 heteroatoms. The molecule has 1 saturated heterocycles. The lowest BCUT2D eigenvalue weighted by Crippen LogP contribution is -2.56. The van der Waals surface area contributed by atoms with Gasteiger partial charge in [-0.25, -0.2) is 0 Å². The van der Waals surface area contributed by atoms with E-state index in [1.807, 2.05) is 13.8 Å². The molecule has 2 N–H and O–H groups in total. The summed E-state index contributed by atoms with van der Waals surface area (Å²) in [7, 11) is 1.77. The van der Waals surface area contributed by atoms with Crippen LogP contribution in [0.5, 0.6) is 0 Å².